The van der Waals surface area contributed by atoms with Crippen LogP contribution in [-0.2, 0) is 4.79 Å². The quantitative estimate of drug-likeness (QED) is 0.758. The van der Waals surface area contributed by atoms with Crippen molar-refractivity contribution in [1.29, 1.82) is 0 Å². The number of carbonyl (C=O) groups excluding carboxylic acids is 1. The Hall–Kier alpha value is -0.530. The van der Waals surface area contributed by atoms with E-state index < -0.39 is 0 Å². The van der Waals surface area contributed by atoms with Crippen LogP contribution in [0.25, 0.3) is 0 Å². The fraction of sp³-hybridized carbons (Fsp3) is 0.923. The van der Waals surface area contributed by atoms with E-state index in [1.54, 1.807) is 0 Å². The molecular formula is C13H25NO. The van der Waals surface area contributed by atoms with Crippen molar-refractivity contribution in [2.75, 3.05) is 0 Å². The largest absolute Gasteiger partial charge is 0.353 e. The molecule has 0 aromatic carbocycles. The van der Waals surface area contributed by atoms with Crippen LogP contribution >= 0.6 is 0 Å². The number of carbonyl (C=O) groups is 1. The predicted molar refractivity (Wildman–Crippen MR) is 63.8 cm³/mol. The average Bonchev–Trinajstić information content (AvgIpc) is 2.19. The molecule has 1 aliphatic carbocycles. The highest BCUT2D eigenvalue weighted by atomic mass is 16.1. The molecule has 1 aliphatic rings. The van der Waals surface area contributed by atoms with Crippen molar-refractivity contribution in [3.05, 3.63) is 0 Å². The van der Waals surface area contributed by atoms with Gasteiger partial charge in [0.25, 0.3) is 0 Å². The lowest BCUT2D eigenvalue weighted by molar-refractivity contribution is -0.122. The third-order valence-electron chi connectivity index (χ3n) is 3.23. The summed E-state index contributed by atoms with van der Waals surface area (Å²) in [6.45, 7) is 2.13. The van der Waals surface area contributed by atoms with Crippen molar-refractivity contribution >= 4 is 5.91 Å². The zero-order valence-electron chi connectivity index (χ0n) is 10.1. The molecule has 1 amide bonds. The second-order valence-electron chi connectivity index (χ2n) is 4.71. The van der Waals surface area contributed by atoms with Crippen molar-refractivity contribution in [2.24, 2.45) is 0 Å². The Kier molecular flexibility index (Phi) is 6.45. The first-order valence-corrected chi connectivity index (χ1v) is 6.62. The van der Waals surface area contributed by atoms with Gasteiger partial charge in [0.1, 0.15) is 0 Å². The Morgan fingerprint density at radius 3 is 2.33 bits per heavy atom. The standard InChI is InChI=1S/C13H25NO/c1-2-3-11-13(15)14-12-9-7-5-4-6-8-10-12/h12H,2-11H2,1H3,(H,14,15). The molecule has 1 saturated carbocycles. The first kappa shape index (κ1) is 12.5. The average molecular weight is 211 g/mol. The van der Waals surface area contributed by atoms with E-state index in [1.165, 1.54) is 44.9 Å². The van der Waals surface area contributed by atoms with Crippen LogP contribution < -0.4 is 5.32 Å². The Balaban J connectivity index is 2.19. The van der Waals surface area contributed by atoms with Gasteiger partial charge >= 0.3 is 0 Å². The van der Waals surface area contributed by atoms with E-state index >= 15 is 0 Å². The minimum absolute atomic E-state index is 0.266. The second kappa shape index (κ2) is 7.72. The van der Waals surface area contributed by atoms with Crippen molar-refractivity contribution in [3.8, 4) is 0 Å². The topological polar surface area (TPSA) is 29.1 Å². The number of amides is 1. The van der Waals surface area contributed by atoms with Crippen LogP contribution in [0.4, 0.5) is 0 Å². The molecule has 88 valence electrons. The molecule has 2 nitrogen and oxygen atoms in total. The normalized spacial score (nSPS) is 19.3. The van der Waals surface area contributed by atoms with Gasteiger partial charge in [0.2, 0.25) is 5.91 Å². The third-order valence-corrected chi connectivity index (χ3v) is 3.23. The highest BCUT2D eigenvalue weighted by Gasteiger charge is 2.13. The Morgan fingerprint density at radius 1 is 1.13 bits per heavy atom. The molecule has 2 heteroatoms. The SMILES string of the molecule is CCCCC(=O)NC1CCCCCCC1. The molecule has 0 unspecified atom stereocenters. The summed E-state index contributed by atoms with van der Waals surface area (Å²) in [7, 11) is 0. The molecule has 0 heterocycles. The van der Waals surface area contributed by atoms with E-state index in [-0.39, 0.29) is 5.91 Å². The van der Waals surface area contributed by atoms with Gasteiger partial charge in [-0.05, 0) is 19.3 Å². The fourth-order valence-corrected chi connectivity index (χ4v) is 2.24. The molecule has 0 aliphatic heterocycles. The molecule has 0 saturated heterocycles. The van der Waals surface area contributed by atoms with Crippen LogP contribution in [0.3, 0.4) is 0 Å². The Labute approximate surface area is 93.8 Å². The minimum atomic E-state index is 0.266. The van der Waals surface area contributed by atoms with Crippen LogP contribution in [-0.4, -0.2) is 11.9 Å². The maximum Gasteiger partial charge on any atom is 0.220 e. The van der Waals surface area contributed by atoms with Gasteiger partial charge in [0.05, 0.1) is 0 Å². The van der Waals surface area contributed by atoms with E-state index in [2.05, 4.69) is 12.2 Å². The molecule has 0 radical (unpaired) electrons. The van der Waals surface area contributed by atoms with Gasteiger partial charge < -0.3 is 5.32 Å². The highest BCUT2D eigenvalue weighted by molar-refractivity contribution is 5.76. The van der Waals surface area contributed by atoms with Gasteiger partial charge in [-0.3, -0.25) is 4.79 Å². The number of hydrogen-bond acceptors (Lipinski definition) is 1. The van der Waals surface area contributed by atoms with Gasteiger partial charge in [-0.15, -0.1) is 0 Å². The summed E-state index contributed by atoms with van der Waals surface area (Å²) < 4.78 is 0. The summed E-state index contributed by atoms with van der Waals surface area (Å²) in [6, 6.07) is 0.467. The van der Waals surface area contributed by atoms with Gasteiger partial charge in [0.15, 0.2) is 0 Å². The van der Waals surface area contributed by atoms with E-state index in [9.17, 15) is 4.79 Å². The number of unbranched alkanes of at least 4 members (excludes halogenated alkanes) is 1. The first-order valence-electron chi connectivity index (χ1n) is 6.62. The lowest BCUT2D eigenvalue weighted by Crippen LogP contribution is -2.35. The second-order valence-corrected chi connectivity index (χ2v) is 4.71. The van der Waals surface area contributed by atoms with E-state index in [4.69, 9.17) is 0 Å². The molecular weight excluding hydrogens is 186 g/mol. The van der Waals surface area contributed by atoms with Gasteiger partial charge in [-0.2, -0.15) is 0 Å². The lowest BCUT2D eigenvalue weighted by atomic mass is 9.96. The van der Waals surface area contributed by atoms with Gasteiger partial charge in [-0.25, -0.2) is 0 Å². The summed E-state index contributed by atoms with van der Waals surface area (Å²) in [5.41, 5.74) is 0. The maximum atomic E-state index is 11.6. The molecule has 0 spiro atoms. The molecule has 1 N–H and O–H groups in total. The zero-order chi connectivity index (χ0) is 10.9. The summed E-state index contributed by atoms with van der Waals surface area (Å²) >= 11 is 0. The summed E-state index contributed by atoms with van der Waals surface area (Å²) in [6.07, 6.45) is 11.9. The van der Waals surface area contributed by atoms with Gasteiger partial charge in [-0.1, -0.05) is 45.4 Å². The van der Waals surface area contributed by atoms with Crippen molar-refractivity contribution in [1.82, 2.24) is 5.32 Å². The Bertz CT molecular complexity index is 171. The van der Waals surface area contributed by atoms with E-state index in [0.717, 1.165) is 12.8 Å². The number of hydrogen-bond donors (Lipinski definition) is 1. The van der Waals surface area contributed by atoms with Gasteiger partial charge in [0, 0.05) is 12.5 Å². The number of nitrogens with one attached hydrogen (secondary N) is 1. The molecule has 0 aromatic heterocycles. The zero-order valence-corrected chi connectivity index (χ0v) is 10.1. The summed E-state index contributed by atoms with van der Waals surface area (Å²) in [5, 5.41) is 3.18. The van der Waals surface area contributed by atoms with E-state index in [1.807, 2.05) is 0 Å². The summed E-state index contributed by atoms with van der Waals surface area (Å²) in [5.74, 6) is 0.266. The van der Waals surface area contributed by atoms with Crippen molar-refractivity contribution in [2.45, 2.75) is 77.2 Å². The Morgan fingerprint density at radius 2 is 1.73 bits per heavy atom. The predicted octanol–water partition coefficient (Wildman–Crippen LogP) is 3.41. The molecule has 0 bridgehead atoms. The van der Waals surface area contributed by atoms with Crippen LogP contribution in [0.2, 0.25) is 0 Å². The third kappa shape index (κ3) is 5.81. The van der Waals surface area contributed by atoms with Crippen LogP contribution in [0.5, 0.6) is 0 Å². The van der Waals surface area contributed by atoms with Crippen molar-refractivity contribution < 1.29 is 4.79 Å². The van der Waals surface area contributed by atoms with Crippen molar-refractivity contribution in [3.63, 3.8) is 0 Å². The molecule has 1 rings (SSSR count). The summed E-state index contributed by atoms with van der Waals surface area (Å²) in [4.78, 5) is 11.6. The molecule has 1 fully saturated rings. The number of rotatable bonds is 4. The van der Waals surface area contributed by atoms with Crippen LogP contribution in [0, 0.1) is 0 Å². The highest BCUT2D eigenvalue weighted by Crippen LogP contribution is 2.17. The van der Waals surface area contributed by atoms with Crippen LogP contribution in [0.15, 0.2) is 0 Å². The van der Waals surface area contributed by atoms with E-state index in [0.29, 0.717) is 12.5 Å². The monoisotopic (exact) mass is 211 g/mol. The fourth-order valence-electron chi connectivity index (χ4n) is 2.24. The molecule has 0 atom stereocenters. The molecule has 15 heavy (non-hydrogen) atoms. The van der Waals surface area contributed by atoms with Crippen LogP contribution in [0.1, 0.15) is 71.1 Å². The first-order chi connectivity index (χ1) is 7.33. The minimum Gasteiger partial charge on any atom is -0.353 e. The maximum absolute atomic E-state index is 11.6. The smallest absolute Gasteiger partial charge is 0.220 e. The lowest BCUT2D eigenvalue weighted by Gasteiger charge is -2.20. The molecule has 0 aromatic rings.